The van der Waals surface area contributed by atoms with Crippen LogP contribution >= 0.6 is 0 Å². The quantitative estimate of drug-likeness (QED) is 0.0355. The molecule has 0 aliphatic carbocycles. The zero-order valence-corrected chi connectivity index (χ0v) is 35.1. The van der Waals surface area contributed by atoms with Gasteiger partial charge in [-0.25, -0.2) is 0 Å². The highest BCUT2D eigenvalue weighted by Gasteiger charge is 2.17. The van der Waals surface area contributed by atoms with Crippen molar-refractivity contribution in [3.05, 3.63) is 24.3 Å². The molecule has 0 saturated carbocycles. The summed E-state index contributed by atoms with van der Waals surface area (Å²) in [7, 11) is 0. The second-order valence-corrected chi connectivity index (χ2v) is 15.3. The predicted molar refractivity (Wildman–Crippen MR) is 224 cm³/mol. The molecule has 0 amide bonds. The smallest absolute Gasteiger partial charge is 0.306 e. The molecule has 0 aliphatic rings. The first kappa shape index (κ1) is 50.4. The summed E-state index contributed by atoms with van der Waals surface area (Å²) >= 11 is 0. The van der Waals surface area contributed by atoms with Crippen LogP contribution in [0, 0.1) is 0 Å². The zero-order valence-electron chi connectivity index (χ0n) is 35.1. The van der Waals surface area contributed by atoms with Crippen molar-refractivity contribution < 1.29 is 23.8 Å². The molecule has 0 rings (SSSR count). The van der Waals surface area contributed by atoms with Crippen molar-refractivity contribution in [1.29, 1.82) is 0 Å². The third-order valence-corrected chi connectivity index (χ3v) is 9.96. The molecule has 1 atom stereocenters. The molecule has 0 N–H and O–H groups in total. The van der Waals surface area contributed by atoms with Crippen LogP contribution in [-0.4, -0.2) is 37.9 Å². The van der Waals surface area contributed by atoms with Crippen LogP contribution < -0.4 is 0 Å². The SMILES string of the molecule is CCCC/C=C\CCCCCCCC(=O)OC(COCCCCCCCCCC)COC(=O)CCCCCCCCC/C=C\CCCCCCCC. The lowest BCUT2D eigenvalue weighted by molar-refractivity contribution is -0.163. The maximum absolute atomic E-state index is 12.7. The van der Waals surface area contributed by atoms with E-state index in [4.69, 9.17) is 14.2 Å². The fourth-order valence-corrected chi connectivity index (χ4v) is 6.48. The van der Waals surface area contributed by atoms with E-state index in [1.54, 1.807) is 0 Å². The van der Waals surface area contributed by atoms with Gasteiger partial charge >= 0.3 is 11.9 Å². The standard InChI is InChI=1S/C47H88O5/c1-4-7-10-13-16-19-21-22-23-24-25-26-28-29-31-34-37-40-46(48)51-44-45(43-50-42-39-36-33-18-15-12-9-6-3)52-47(49)41-38-35-32-30-27-20-17-14-11-8-5-2/h14,17,22-23,45H,4-13,15-16,18-21,24-44H2,1-3H3/b17-14-,23-22-. The first-order chi connectivity index (χ1) is 25.6. The van der Waals surface area contributed by atoms with E-state index in [9.17, 15) is 9.59 Å². The Morgan fingerprint density at radius 3 is 1.23 bits per heavy atom. The summed E-state index contributed by atoms with van der Waals surface area (Å²) in [4.78, 5) is 25.2. The third-order valence-electron chi connectivity index (χ3n) is 9.96. The molecule has 0 saturated heterocycles. The van der Waals surface area contributed by atoms with Crippen molar-refractivity contribution in [2.24, 2.45) is 0 Å². The molecule has 5 nitrogen and oxygen atoms in total. The number of carbonyl (C=O) groups is 2. The summed E-state index contributed by atoms with van der Waals surface area (Å²) in [6.07, 6.45) is 48.9. The van der Waals surface area contributed by atoms with Crippen LogP contribution in [0.4, 0.5) is 0 Å². The van der Waals surface area contributed by atoms with E-state index < -0.39 is 6.10 Å². The Bertz CT molecular complexity index is 791. The minimum absolute atomic E-state index is 0.0845. The molecule has 0 aromatic rings. The van der Waals surface area contributed by atoms with E-state index in [0.717, 1.165) is 51.4 Å². The summed E-state index contributed by atoms with van der Waals surface area (Å²) in [6.45, 7) is 7.78. The maximum Gasteiger partial charge on any atom is 0.306 e. The Hall–Kier alpha value is -1.62. The van der Waals surface area contributed by atoms with Crippen LogP contribution in [0.15, 0.2) is 24.3 Å². The molecule has 306 valence electrons. The van der Waals surface area contributed by atoms with Gasteiger partial charge in [0.1, 0.15) is 6.61 Å². The normalized spacial score (nSPS) is 12.3. The summed E-state index contributed by atoms with van der Waals surface area (Å²) in [5, 5.41) is 0. The molecular weight excluding hydrogens is 645 g/mol. The van der Waals surface area contributed by atoms with Gasteiger partial charge in [0, 0.05) is 19.4 Å². The van der Waals surface area contributed by atoms with Crippen LogP contribution in [0.25, 0.3) is 0 Å². The number of hydrogen-bond donors (Lipinski definition) is 0. The molecule has 0 spiro atoms. The number of rotatable bonds is 42. The van der Waals surface area contributed by atoms with Crippen molar-refractivity contribution in [1.82, 2.24) is 0 Å². The Labute approximate surface area is 324 Å². The first-order valence-corrected chi connectivity index (χ1v) is 22.9. The van der Waals surface area contributed by atoms with E-state index in [0.29, 0.717) is 19.4 Å². The van der Waals surface area contributed by atoms with Gasteiger partial charge in [-0.15, -0.1) is 0 Å². The van der Waals surface area contributed by atoms with Gasteiger partial charge in [0.2, 0.25) is 0 Å². The molecule has 1 unspecified atom stereocenters. The van der Waals surface area contributed by atoms with Crippen LogP contribution in [0.2, 0.25) is 0 Å². The minimum Gasteiger partial charge on any atom is -0.462 e. The number of unbranched alkanes of at least 4 members (excludes halogenated alkanes) is 27. The van der Waals surface area contributed by atoms with Gasteiger partial charge in [-0.2, -0.15) is 0 Å². The summed E-state index contributed by atoms with van der Waals surface area (Å²) in [6, 6.07) is 0. The summed E-state index contributed by atoms with van der Waals surface area (Å²) in [5.41, 5.74) is 0. The molecule has 0 radical (unpaired) electrons. The number of allylic oxidation sites excluding steroid dienone is 4. The Balaban J connectivity index is 4.14. The fourth-order valence-electron chi connectivity index (χ4n) is 6.48. The topological polar surface area (TPSA) is 61.8 Å². The number of hydrogen-bond acceptors (Lipinski definition) is 5. The van der Waals surface area contributed by atoms with Crippen molar-refractivity contribution in [2.75, 3.05) is 19.8 Å². The van der Waals surface area contributed by atoms with Crippen molar-refractivity contribution >= 4 is 11.9 Å². The molecule has 0 aliphatic heterocycles. The van der Waals surface area contributed by atoms with Gasteiger partial charge in [-0.05, 0) is 64.2 Å². The van der Waals surface area contributed by atoms with Crippen LogP contribution in [0.1, 0.15) is 239 Å². The average Bonchev–Trinajstić information content (AvgIpc) is 3.14. The van der Waals surface area contributed by atoms with Crippen molar-refractivity contribution in [3.8, 4) is 0 Å². The number of ether oxygens (including phenoxy) is 3. The molecule has 0 bridgehead atoms. The van der Waals surface area contributed by atoms with Gasteiger partial charge in [-0.3, -0.25) is 9.59 Å². The largest absolute Gasteiger partial charge is 0.462 e. The van der Waals surface area contributed by atoms with E-state index in [1.165, 1.54) is 154 Å². The highest BCUT2D eigenvalue weighted by atomic mass is 16.6. The summed E-state index contributed by atoms with van der Waals surface area (Å²) < 4.78 is 17.2. The van der Waals surface area contributed by atoms with Crippen molar-refractivity contribution in [3.63, 3.8) is 0 Å². The molecular formula is C47H88O5. The second kappa shape index (κ2) is 43.8. The van der Waals surface area contributed by atoms with E-state index in [-0.39, 0.29) is 25.2 Å². The highest BCUT2D eigenvalue weighted by molar-refractivity contribution is 5.70. The first-order valence-electron chi connectivity index (χ1n) is 22.9. The van der Waals surface area contributed by atoms with E-state index in [2.05, 4.69) is 45.1 Å². The molecule has 0 heterocycles. The van der Waals surface area contributed by atoms with Crippen LogP contribution in [0.3, 0.4) is 0 Å². The zero-order chi connectivity index (χ0) is 37.8. The second-order valence-electron chi connectivity index (χ2n) is 15.3. The van der Waals surface area contributed by atoms with E-state index in [1.807, 2.05) is 0 Å². The van der Waals surface area contributed by atoms with Gasteiger partial charge < -0.3 is 14.2 Å². The lowest BCUT2D eigenvalue weighted by atomic mass is 10.1. The molecule has 5 heteroatoms. The third kappa shape index (κ3) is 41.1. The van der Waals surface area contributed by atoms with E-state index >= 15 is 0 Å². The predicted octanol–water partition coefficient (Wildman–Crippen LogP) is 14.9. The Kier molecular flexibility index (Phi) is 42.4. The monoisotopic (exact) mass is 733 g/mol. The Morgan fingerprint density at radius 1 is 0.404 bits per heavy atom. The Morgan fingerprint density at radius 2 is 0.769 bits per heavy atom. The molecule has 0 aromatic carbocycles. The van der Waals surface area contributed by atoms with Crippen LogP contribution in [-0.2, 0) is 23.8 Å². The van der Waals surface area contributed by atoms with Crippen molar-refractivity contribution in [2.45, 2.75) is 245 Å². The molecule has 0 fully saturated rings. The van der Waals surface area contributed by atoms with Crippen LogP contribution in [0.5, 0.6) is 0 Å². The highest BCUT2D eigenvalue weighted by Crippen LogP contribution is 2.14. The van der Waals surface area contributed by atoms with Gasteiger partial charge in [0.25, 0.3) is 0 Å². The molecule has 52 heavy (non-hydrogen) atoms. The maximum atomic E-state index is 12.7. The average molecular weight is 733 g/mol. The van der Waals surface area contributed by atoms with Gasteiger partial charge in [-0.1, -0.05) is 186 Å². The minimum atomic E-state index is -0.532. The lowest BCUT2D eigenvalue weighted by Gasteiger charge is -2.18. The van der Waals surface area contributed by atoms with Gasteiger partial charge in [0.05, 0.1) is 6.61 Å². The number of carbonyl (C=O) groups excluding carboxylic acids is 2. The van der Waals surface area contributed by atoms with Gasteiger partial charge in [0.15, 0.2) is 6.10 Å². The molecule has 0 aromatic heterocycles. The summed E-state index contributed by atoms with van der Waals surface area (Å²) in [5.74, 6) is -0.406. The fraction of sp³-hybridized carbons (Fsp3) is 0.872. The number of esters is 2. The lowest BCUT2D eigenvalue weighted by Crippen LogP contribution is -2.30.